The zero-order chi connectivity index (χ0) is 18.5. The molecule has 1 heterocycles. The summed E-state index contributed by atoms with van der Waals surface area (Å²) < 4.78 is 10.3. The first kappa shape index (κ1) is 17.8. The molecule has 1 aromatic heterocycles. The van der Waals surface area contributed by atoms with Crippen LogP contribution in [-0.2, 0) is 4.74 Å². The van der Waals surface area contributed by atoms with Crippen molar-refractivity contribution < 1.29 is 19.1 Å². The third kappa shape index (κ3) is 3.97. The van der Waals surface area contributed by atoms with Crippen molar-refractivity contribution in [1.82, 2.24) is 4.98 Å². The van der Waals surface area contributed by atoms with Crippen molar-refractivity contribution in [3.05, 3.63) is 71.2 Å². The average molecular weight is 367 g/mol. The van der Waals surface area contributed by atoms with Crippen LogP contribution in [0.5, 0.6) is 5.75 Å². The number of aromatic nitrogens is 1. The maximum absolute atomic E-state index is 12.4. The van der Waals surface area contributed by atoms with E-state index in [1.807, 2.05) is 30.3 Å². The van der Waals surface area contributed by atoms with E-state index in [-0.39, 0.29) is 11.5 Å². The molecule has 0 fully saturated rings. The maximum Gasteiger partial charge on any atom is 0.358 e. The minimum absolute atomic E-state index is 0.197. The molecule has 0 saturated heterocycles. The van der Waals surface area contributed by atoms with Crippen LogP contribution in [0.4, 0.5) is 0 Å². The van der Waals surface area contributed by atoms with Crippen LogP contribution in [0.1, 0.15) is 27.8 Å². The highest BCUT2D eigenvalue weighted by molar-refractivity contribution is 7.13. The standard InChI is InChI=1S/C20H17NO4S/c1-13(18(22)14-8-10-16(24-2)11-9-14)25-20(23)17-12-26-19(21-17)15-6-4-3-5-7-15/h3-13H,1-2H3/t13-/m1/s1. The second-order valence-electron chi connectivity index (χ2n) is 5.54. The van der Waals surface area contributed by atoms with Crippen molar-refractivity contribution >= 4 is 23.1 Å². The normalized spacial score (nSPS) is 11.6. The number of esters is 1. The van der Waals surface area contributed by atoms with Gasteiger partial charge in [0.15, 0.2) is 11.8 Å². The van der Waals surface area contributed by atoms with E-state index in [0.717, 1.165) is 10.6 Å². The molecular weight excluding hydrogens is 350 g/mol. The molecule has 0 spiro atoms. The van der Waals surface area contributed by atoms with E-state index < -0.39 is 12.1 Å². The Labute approximate surface area is 155 Å². The molecule has 132 valence electrons. The minimum atomic E-state index is -0.905. The summed E-state index contributed by atoms with van der Waals surface area (Å²) in [4.78, 5) is 29.0. The van der Waals surface area contributed by atoms with E-state index in [2.05, 4.69) is 4.98 Å². The second kappa shape index (κ2) is 7.93. The number of benzene rings is 2. The van der Waals surface area contributed by atoms with Gasteiger partial charge in [-0.3, -0.25) is 4.79 Å². The van der Waals surface area contributed by atoms with Gasteiger partial charge < -0.3 is 9.47 Å². The molecule has 0 N–H and O–H groups in total. The number of ether oxygens (including phenoxy) is 2. The number of carbonyl (C=O) groups excluding carboxylic acids is 2. The SMILES string of the molecule is COc1ccc(C(=O)[C@@H](C)OC(=O)c2csc(-c3ccccc3)n2)cc1. The lowest BCUT2D eigenvalue weighted by molar-refractivity contribution is 0.0314. The molecular formula is C20H17NO4S. The van der Waals surface area contributed by atoms with E-state index in [0.29, 0.717) is 11.3 Å². The molecule has 0 aliphatic carbocycles. The Morgan fingerprint density at radius 1 is 1.04 bits per heavy atom. The van der Waals surface area contributed by atoms with Gasteiger partial charge in [-0.05, 0) is 31.2 Å². The summed E-state index contributed by atoms with van der Waals surface area (Å²) >= 11 is 1.36. The zero-order valence-electron chi connectivity index (χ0n) is 14.3. The summed E-state index contributed by atoms with van der Waals surface area (Å²) in [7, 11) is 1.55. The minimum Gasteiger partial charge on any atom is -0.497 e. The van der Waals surface area contributed by atoms with Crippen molar-refractivity contribution in [2.24, 2.45) is 0 Å². The Morgan fingerprint density at radius 3 is 2.38 bits per heavy atom. The Hall–Kier alpha value is -2.99. The van der Waals surface area contributed by atoms with E-state index in [1.54, 1.807) is 43.7 Å². The second-order valence-corrected chi connectivity index (χ2v) is 6.40. The van der Waals surface area contributed by atoms with Gasteiger partial charge >= 0.3 is 5.97 Å². The van der Waals surface area contributed by atoms with Crippen LogP contribution in [0, 0.1) is 0 Å². The van der Waals surface area contributed by atoms with Gasteiger partial charge in [0.2, 0.25) is 5.78 Å². The lowest BCUT2D eigenvalue weighted by atomic mass is 10.1. The third-order valence-corrected chi connectivity index (χ3v) is 4.65. The van der Waals surface area contributed by atoms with Gasteiger partial charge in [-0.2, -0.15) is 0 Å². The number of hydrogen-bond acceptors (Lipinski definition) is 6. The van der Waals surface area contributed by atoms with E-state index in [4.69, 9.17) is 9.47 Å². The first-order valence-corrected chi connectivity index (χ1v) is 8.86. The summed E-state index contributed by atoms with van der Waals surface area (Å²) in [5.41, 5.74) is 1.58. The molecule has 3 aromatic rings. The number of ketones is 1. The van der Waals surface area contributed by atoms with Gasteiger partial charge in [0, 0.05) is 16.5 Å². The van der Waals surface area contributed by atoms with Crippen LogP contribution in [-0.4, -0.2) is 30.0 Å². The quantitative estimate of drug-likeness (QED) is 0.481. The number of methoxy groups -OCH3 is 1. The summed E-state index contributed by atoms with van der Waals surface area (Å²) in [6, 6.07) is 16.2. The van der Waals surface area contributed by atoms with Crippen LogP contribution < -0.4 is 4.74 Å². The van der Waals surface area contributed by atoms with Gasteiger partial charge in [-0.25, -0.2) is 9.78 Å². The first-order valence-electron chi connectivity index (χ1n) is 7.98. The number of nitrogens with zero attached hydrogens (tertiary/aromatic N) is 1. The fourth-order valence-corrected chi connectivity index (χ4v) is 3.14. The molecule has 6 heteroatoms. The Bertz CT molecular complexity index is 903. The highest BCUT2D eigenvalue weighted by Crippen LogP contribution is 2.24. The molecule has 0 saturated carbocycles. The van der Waals surface area contributed by atoms with E-state index in [9.17, 15) is 9.59 Å². The Morgan fingerprint density at radius 2 is 1.73 bits per heavy atom. The van der Waals surface area contributed by atoms with Crippen molar-refractivity contribution in [2.75, 3.05) is 7.11 Å². The van der Waals surface area contributed by atoms with E-state index >= 15 is 0 Å². The number of thiazole rings is 1. The Kier molecular flexibility index (Phi) is 5.43. The summed E-state index contributed by atoms with van der Waals surface area (Å²) in [5, 5.41) is 2.36. The van der Waals surface area contributed by atoms with Crippen molar-refractivity contribution in [3.8, 4) is 16.3 Å². The van der Waals surface area contributed by atoms with Crippen molar-refractivity contribution in [3.63, 3.8) is 0 Å². The molecule has 0 amide bonds. The summed E-state index contributed by atoms with van der Waals surface area (Å²) in [6.45, 7) is 1.55. The lowest BCUT2D eigenvalue weighted by Gasteiger charge is -2.11. The molecule has 0 unspecified atom stereocenters. The van der Waals surface area contributed by atoms with Gasteiger partial charge in [0.05, 0.1) is 7.11 Å². The fraction of sp³-hybridized carbons (Fsp3) is 0.150. The molecule has 0 aliphatic rings. The van der Waals surface area contributed by atoms with Crippen LogP contribution in [0.25, 0.3) is 10.6 Å². The number of carbonyl (C=O) groups is 2. The van der Waals surface area contributed by atoms with Crippen molar-refractivity contribution in [2.45, 2.75) is 13.0 Å². The van der Waals surface area contributed by atoms with Crippen LogP contribution in [0.15, 0.2) is 60.0 Å². The number of Topliss-reactive ketones (excluding diaryl/α,β-unsaturated/α-hetero) is 1. The van der Waals surface area contributed by atoms with Gasteiger partial charge in [0.1, 0.15) is 10.8 Å². The number of rotatable bonds is 6. The fourth-order valence-electron chi connectivity index (χ4n) is 2.35. The van der Waals surface area contributed by atoms with Gasteiger partial charge in [-0.1, -0.05) is 30.3 Å². The van der Waals surface area contributed by atoms with Crippen LogP contribution in [0.3, 0.4) is 0 Å². The molecule has 26 heavy (non-hydrogen) atoms. The van der Waals surface area contributed by atoms with Gasteiger partial charge in [0.25, 0.3) is 0 Å². The summed E-state index contributed by atoms with van der Waals surface area (Å²) in [6.07, 6.45) is -0.905. The maximum atomic E-state index is 12.4. The molecule has 3 rings (SSSR count). The topological polar surface area (TPSA) is 65.5 Å². The molecule has 0 bridgehead atoms. The molecule has 5 nitrogen and oxygen atoms in total. The van der Waals surface area contributed by atoms with Gasteiger partial charge in [-0.15, -0.1) is 11.3 Å². The predicted molar refractivity (Wildman–Crippen MR) is 99.8 cm³/mol. The lowest BCUT2D eigenvalue weighted by Crippen LogP contribution is -2.24. The number of hydrogen-bond donors (Lipinski definition) is 0. The Balaban J connectivity index is 1.67. The van der Waals surface area contributed by atoms with Crippen LogP contribution in [0.2, 0.25) is 0 Å². The molecule has 0 aliphatic heterocycles. The van der Waals surface area contributed by atoms with E-state index in [1.165, 1.54) is 11.3 Å². The highest BCUT2D eigenvalue weighted by Gasteiger charge is 2.22. The zero-order valence-corrected chi connectivity index (χ0v) is 15.2. The monoisotopic (exact) mass is 367 g/mol. The third-order valence-electron chi connectivity index (χ3n) is 3.76. The first-order chi connectivity index (χ1) is 12.6. The van der Waals surface area contributed by atoms with Crippen molar-refractivity contribution in [1.29, 1.82) is 0 Å². The molecule has 2 aromatic carbocycles. The smallest absolute Gasteiger partial charge is 0.358 e. The summed E-state index contributed by atoms with van der Waals surface area (Å²) in [5.74, 6) is -0.237. The molecule has 0 radical (unpaired) electrons. The molecule has 1 atom stereocenters. The average Bonchev–Trinajstić information content (AvgIpc) is 3.18. The highest BCUT2D eigenvalue weighted by atomic mass is 32.1. The largest absolute Gasteiger partial charge is 0.497 e. The predicted octanol–water partition coefficient (Wildman–Crippen LogP) is 4.25. The van der Waals surface area contributed by atoms with Crippen LogP contribution >= 0.6 is 11.3 Å².